The van der Waals surface area contributed by atoms with Crippen LogP contribution >= 0.6 is 0 Å². The fourth-order valence-electron chi connectivity index (χ4n) is 3.16. The van der Waals surface area contributed by atoms with E-state index in [1.807, 2.05) is 0 Å². The molecule has 1 aromatic carbocycles. The number of rotatable bonds is 1. The van der Waals surface area contributed by atoms with Crippen molar-refractivity contribution in [2.24, 2.45) is 5.73 Å². The highest BCUT2D eigenvalue weighted by molar-refractivity contribution is 5.37. The zero-order valence-electron chi connectivity index (χ0n) is 10.3. The van der Waals surface area contributed by atoms with E-state index in [1.54, 1.807) is 0 Å². The van der Waals surface area contributed by atoms with Gasteiger partial charge in [0, 0.05) is 24.7 Å². The molecular weight excluding hydrogens is 212 g/mol. The number of ether oxygens (including phenoxy) is 1. The Balaban J connectivity index is 1.83. The Morgan fingerprint density at radius 1 is 1.35 bits per heavy atom. The maximum atomic E-state index is 6.40. The smallest absolute Gasteiger partial charge is 0.0619 e. The summed E-state index contributed by atoms with van der Waals surface area (Å²) >= 11 is 0. The van der Waals surface area contributed by atoms with Crippen LogP contribution in [-0.2, 0) is 11.2 Å². The van der Waals surface area contributed by atoms with Crippen LogP contribution in [0.5, 0.6) is 0 Å². The molecule has 1 aliphatic heterocycles. The van der Waals surface area contributed by atoms with Crippen LogP contribution in [0.2, 0.25) is 0 Å². The lowest BCUT2D eigenvalue weighted by Gasteiger charge is -2.39. The van der Waals surface area contributed by atoms with Crippen LogP contribution in [-0.4, -0.2) is 36.7 Å². The van der Waals surface area contributed by atoms with Gasteiger partial charge in [0.2, 0.25) is 0 Å². The van der Waals surface area contributed by atoms with Gasteiger partial charge in [0.1, 0.15) is 0 Å². The van der Waals surface area contributed by atoms with E-state index >= 15 is 0 Å². The van der Waals surface area contributed by atoms with Crippen LogP contribution in [0.4, 0.5) is 0 Å². The quantitative estimate of drug-likeness (QED) is 0.794. The zero-order valence-corrected chi connectivity index (χ0v) is 10.3. The summed E-state index contributed by atoms with van der Waals surface area (Å²) in [5.41, 5.74) is 9.15. The molecule has 3 unspecified atom stereocenters. The van der Waals surface area contributed by atoms with E-state index in [1.165, 1.54) is 11.1 Å². The highest BCUT2D eigenvalue weighted by atomic mass is 16.5. The van der Waals surface area contributed by atoms with Crippen molar-refractivity contribution in [3.63, 3.8) is 0 Å². The Hall–Kier alpha value is -0.900. The van der Waals surface area contributed by atoms with Gasteiger partial charge in [0.25, 0.3) is 0 Å². The highest BCUT2D eigenvalue weighted by Crippen LogP contribution is 2.33. The van der Waals surface area contributed by atoms with E-state index in [2.05, 4.69) is 36.1 Å². The van der Waals surface area contributed by atoms with Crippen LogP contribution in [0.25, 0.3) is 0 Å². The standard InChI is InChI=1S/C14H20N2O/c1-10-9-17-7-6-16(10)13-8-11-4-2-3-5-12(11)14(13)15/h2-5,10,13-14H,6-9,15H2,1H3. The van der Waals surface area contributed by atoms with E-state index in [9.17, 15) is 0 Å². The van der Waals surface area contributed by atoms with Gasteiger partial charge >= 0.3 is 0 Å². The molecule has 3 heteroatoms. The lowest BCUT2D eigenvalue weighted by molar-refractivity contribution is -0.0248. The summed E-state index contributed by atoms with van der Waals surface area (Å²) in [7, 11) is 0. The van der Waals surface area contributed by atoms with Gasteiger partial charge in [0.05, 0.1) is 13.2 Å². The van der Waals surface area contributed by atoms with Crippen LogP contribution in [0.1, 0.15) is 24.1 Å². The van der Waals surface area contributed by atoms with E-state index in [4.69, 9.17) is 10.5 Å². The molecule has 0 spiro atoms. The van der Waals surface area contributed by atoms with Gasteiger partial charge in [0.15, 0.2) is 0 Å². The fourth-order valence-corrected chi connectivity index (χ4v) is 3.16. The average Bonchev–Trinajstić information content (AvgIpc) is 2.68. The number of morpholine rings is 1. The number of hydrogen-bond donors (Lipinski definition) is 1. The monoisotopic (exact) mass is 232 g/mol. The highest BCUT2D eigenvalue weighted by Gasteiger charge is 2.36. The Labute approximate surface area is 103 Å². The van der Waals surface area contributed by atoms with Gasteiger partial charge in [-0.1, -0.05) is 24.3 Å². The topological polar surface area (TPSA) is 38.5 Å². The van der Waals surface area contributed by atoms with Crippen LogP contribution in [0, 0.1) is 0 Å². The van der Waals surface area contributed by atoms with Crippen LogP contribution < -0.4 is 5.73 Å². The second-order valence-electron chi connectivity index (χ2n) is 5.16. The second-order valence-corrected chi connectivity index (χ2v) is 5.16. The van der Waals surface area contributed by atoms with Crippen molar-refractivity contribution < 1.29 is 4.74 Å². The fraction of sp³-hybridized carbons (Fsp3) is 0.571. The number of benzene rings is 1. The minimum Gasteiger partial charge on any atom is -0.379 e. The first-order valence-corrected chi connectivity index (χ1v) is 6.44. The molecule has 2 aliphatic rings. The van der Waals surface area contributed by atoms with Gasteiger partial charge in [-0.05, 0) is 24.5 Å². The summed E-state index contributed by atoms with van der Waals surface area (Å²) in [4.78, 5) is 2.52. The van der Waals surface area contributed by atoms with Gasteiger partial charge < -0.3 is 10.5 Å². The predicted molar refractivity (Wildman–Crippen MR) is 67.8 cm³/mol. The third-order valence-corrected chi connectivity index (χ3v) is 4.10. The molecule has 17 heavy (non-hydrogen) atoms. The predicted octanol–water partition coefficient (Wildman–Crippen LogP) is 1.33. The van der Waals surface area contributed by atoms with E-state index < -0.39 is 0 Å². The molecule has 0 amide bonds. The average molecular weight is 232 g/mol. The third kappa shape index (κ3) is 1.88. The minimum atomic E-state index is 0.159. The molecule has 0 bridgehead atoms. The first-order valence-electron chi connectivity index (χ1n) is 6.44. The Kier molecular flexibility index (Phi) is 2.90. The van der Waals surface area contributed by atoms with Crippen molar-refractivity contribution in [1.29, 1.82) is 0 Å². The molecule has 0 radical (unpaired) electrons. The van der Waals surface area contributed by atoms with Crippen LogP contribution in [0.15, 0.2) is 24.3 Å². The molecule has 0 aromatic heterocycles. The molecule has 1 fully saturated rings. The van der Waals surface area contributed by atoms with Crippen molar-refractivity contribution in [2.75, 3.05) is 19.8 Å². The number of nitrogens with zero attached hydrogens (tertiary/aromatic N) is 1. The van der Waals surface area contributed by atoms with Gasteiger partial charge in [-0.25, -0.2) is 0 Å². The van der Waals surface area contributed by atoms with E-state index in [0.29, 0.717) is 12.1 Å². The normalized spacial score (nSPS) is 33.6. The summed E-state index contributed by atoms with van der Waals surface area (Å²) in [6, 6.07) is 9.67. The van der Waals surface area contributed by atoms with Crippen molar-refractivity contribution in [1.82, 2.24) is 4.90 Å². The molecule has 1 aliphatic carbocycles. The van der Waals surface area contributed by atoms with Crippen molar-refractivity contribution >= 4 is 0 Å². The molecule has 3 atom stereocenters. The maximum Gasteiger partial charge on any atom is 0.0619 e. The summed E-state index contributed by atoms with van der Waals surface area (Å²) in [5, 5.41) is 0. The molecule has 0 saturated carbocycles. The van der Waals surface area contributed by atoms with Crippen molar-refractivity contribution in [3.05, 3.63) is 35.4 Å². The van der Waals surface area contributed by atoms with Crippen molar-refractivity contribution in [3.8, 4) is 0 Å². The molecule has 1 saturated heterocycles. The molecule has 92 valence electrons. The lowest BCUT2D eigenvalue weighted by atomic mass is 10.1. The number of hydrogen-bond acceptors (Lipinski definition) is 3. The molecular formula is C14H20N2O. The largest absolute Gasteiger partial charge is 0.379 e. The second kappa shape index (κ2) is 4.41. The molecule has 3 nitrogen and oxygen atoms in total. The Bertz CT molecular complexity index is 407. The lowest BCUT2D eigenvalue weighted by Crippen LogP contribution is -2.52. The van der Waals surface area contributed by atoms with Gasteiger partial charge in [-0.2, -0.15) is 0 Å². The number of nitrogens with two attached hydrogens (primary N) is 1. The summed E-state index contributed by atoms with van der Waals surface area (Å²) in [5.74, 6) is 0. The zero-order chi connectivity index (χ0) is 11.8. The molecule has 2 N–H and O–H groups in total. The molecule has 1 aromatic rings. The summed E-state index contributed by atoms with van der Waals surface area (Å²) < 4.78 is 5.50. The van der Waals surface area contributed by atoms with Gasteiger partial charge in [-0.15, -0.1) is 0 Å². The maximum absolute atomic E-state index is 6.40. The van der Waals surface area contributed by atoms with E-state index in [-0.39, 0.29) is 6.04 Å². The van der Waals surface area contributed by atoms with Gasteiger partial charge in [-0.3, -0.25) is 4.90 Å². The molecule has 1 heterocycles. The Morgan fingerprint density at radius 3 is 2.94 bits per heavy atom. The number of fused-ring (bicyclic) bond motifs is 1. The van der Waals surface area contributed by atoms with E-state index in [0.717, 1.165) is 26.2 Å². The first-order chi connectivity index (χ1) is 8.27. The molecule has 3 rings (SSSR count). The summed E-state index contributed by atoms with van der Waals surface area (Å²) in [6.45, 7) is 4.91. The first kappa shape index (κ1) is 11.2. The Morgan fingerprint density at radius 2 is 2.18 bits per heavy atom. The van der Waals surface area contributed by atoms with Crippen LogP contribution in [0.3, 0.4) is 0 Å². The third-order valence-electron chi connectivity index (χ3n) is 4.10. The summed E-state index contributed by atoms with van der Waals surface area (Å²) in [6.07, 6.45) is 1.08. The SMILES string of the molecule is CC1COCCN1C1Cc2ccccc2C1N. The minimum absolute atomic E-state index is 0.159. The van der Waals surface area contributed by atoms with Crippen molar-refractivity contribution in [2.45, 2.75) is 31.5 Å².